The highest BCUT2D eigenvalue weighted by atomic mass is 19.1. The highest BCUT2D eigenvalue weighted by Gasteiger charge is 2.24. The predicted molar refractivity (Wildman–Crippen MR) is 124 cm³/mol. The number of nitrogens with one attached hydrogen (secondary N) is 1. The Kier molecular flexibility index (Phi) is 8.78. The summed E-state index contributed by atoms with van der Waals surface area (Å²) in [4.78, 5) is 15.3. The van der Waals surface area contributed by atoms with Crippen LogP contribution in [0.3, 0.4) is 0 Å². The van der Waals surface area contributed by atoms with Crippen LogP contribution < -0.4 is 10.1 Å². The maximum atomic E-state index is 13.2. The molecule has 1 unspecified atom stereocenters. The summed E-state index contributed by atoms with van der Waals surface area (Å²) in [7, 11) is 1.66. The van der Waals surface area contributed by atoms with E-state index in [1.165, 1.54) is 29.8 Å². The number of ether oxygens (including phenoxy) is 2. The van der Waals surface area contributed by atoms with Gasteiger partial charge in [-0.25, -0.2) is 4.39 Å². The van der Waals surface area contributed by atoms with E-state index in [0.717, 1.165) is 5.56 Å². The van der Waals surface area contributed by atoms with Gasteiger partial charge in [-0.3, -0.25) is 9.69 Å². The molecule has 0 aromatic heterocycles. The molecule has 1 amide bonds. The summed E-state index contributed by atoms with van der Waals surface area (Å²) in [5, 5.41) is 2.84. The molecule has 1 N–H and O–H groups in total. The number of carbonyl (C=O) groups excluding carboxylic acids is 1. The number of anilines is 1. The van der Waals surface area contributed by atoms with Crippen LogP contribution in [0.15, 0.2) is 78.9 Å². The van der Waals surface area contributed by atoms with Crippen LogP contribution in [0.4, 0.5) is 10.1 Å². The lowest BCUT2D eigenvalue weighted by Gasteiger charge is -2.27. The van der Waals surface area contributed by atoms with Crippen molar-refractivity contribution in [1.82, 2.24) is 4.90 Å². The molecule has 0 spiro atoms. The fraction of sp³-hybridized carbons (Fsp3) is 0.269. The minimum atomic E-state index is -0.774. The first-order valence-electron chi connectivity index (χ1n) is 10.6. The zero-order valence-electron chi connectivity index (χ0n) is 18.5. The Morgan fingerprint density at radius 2 is 1.78 bits per heavy atom. The number of methoxy groups -OCH3 is 1. The fourth-order valence-corrected chi connectivity index (χ4v) is 3.35. The van der Waals surface area contributed by atoms with Gasteiger partial charge in [0.15, 0.2) is 6.10 Å². The van der Waals surface area contributed by atoms with E-state index in [0.29, 0.717) is 37.7 Å². The molecule has 0 radical (unpaired) electrons. The lowest BCUT2D eigenvalue weighted by Crippen LogP contribution is -2.44. The van der Waals surface area contributed by atoms with Crippen molar-refractivity contribution >= 4 is 11.6 Å². The molecule has 3 aromatic carbocycles. The molecule has 6 heteroatoms. The van der Waals surface area contributed by atoms with Crippen molar-refractivity contribution in [2.24, 2.45) is 0 Å². The number of para-hydroxylation sites is 1. The Hall–Kier alpha value is -3.22. The molecule has 0 aliphatic heterocycles. The van der Waals surface area contributed by atoms with Gasteiger partial charge in [0.2, 0.25) is 0 Å². The molecule has 168 valence electrons. The molecule has 0 heterocycles. The normalized spacial score (nSPS) is 11.9. The largest absolute Gasteiger partial charge is 0.479 e. The third-order valence-corrected chi connectivity index (χ3v) is 4.95. The lowest BCUT2D eigenvalue weighted by atomic mass is 10.1. The Morgan fingerprint density at radius 1 is 1.03 bits per heavy atom. The monoisotopic (exact) mass is 436 g/mol. The first-order chi connectivity index (χ1) is 15.5. The van der Waals surface area contributed by atoms with Gasteiger partial charge in [-0.2, -0.15) is 0 Å². The highest BCUT2D eigenvalue weighted by Crippen LogP contribution is 2.16. The van der Waals surface area contributed by atoms with Gasteiger partial charge in [-0.15, -0.1) is 0 Å². The smallest absolute Gasteiger partial charge is 0.266 e. The summed E-state index contributed by atoms with van der Waals surface area (Å²) >= 11 is 0. The van der Waals surface area contributed by atoms with Crippen molar-refractivity contribution in [1.29, 1.82) is 0 Å². The van der Waals surface area contributed by atoms with Gasteiger partial charge in [0, 0.05) is 32.4 Å². The van der Waals surface area contributed by atoms with Crippen LogP contribution in [0.25, 0.3) is 0 Å². The quantitative estimate of drug-likeness (QED) is 0.475. The topological polar surface area (TPSA) is 50.8 Å². The number of hydrogen-bond acceptors (Lipinski definition) is 4. The van der Waals surface area contributed by atoms with Crippen molar-refractivity contribution in [2.45, 2.75) is 19.6 Å². The van der Waals surface area contributed by atoms with Crippen LogP contribution in [0.2, 0.25) is 0 Å². The van der Waals surface area contributed by atoms with E-state index < -0.39 is 6.10 Å². The van der Waals surface area contributed by atoms with Crippen molar-refractivity contribution < 1.29 is 18.7 Å². The van der Waals surface area contributed by atoms with Crippen LogP contribution in [-0.2, 0) is 16.1 Å². The average molecular weight is 437 g/mol. The maximum Gasteiger partial charge on any atom is 0.266 e. The van der Waals surface area contributed by atoms with Crippen molar-refractivity contribution in [3.05, 3.63) is 95.8 Å². The number of rotatable bonds is 11. The maximum absolute atomic E-state index is 13.2. The van der Waals surface area contributed by atoms with Crippen molar-refractivity contribution in [3.8, 4) is 5.75 Å². The Balaban J connectivity index is 1.78. The third kappa shape index (κ3) is 7.48. The van der Waals surface area contributed by atoms with Gasteiger partial charge < -0.3 is 14.8 Å². The Morgan fingerprint density at radius 3 is 2.47 bits per heavy atom. The molecular formula is C26H29FN2O3. The molecule has 0 aliphatic carbocycles. The first kappa shape index (κ1) is 23.4. The molecule has 1 atom stereocenters. The molecule has 5 nitrogen and oxygen atoms in total. The van der Waals surface area contributed by atoms with Gasteiger partial charge in [-0.1, -0.05) is 48.0 Å². The standard InChI is InChI=1S/C26H29FN2O3/c1-20-7-6-8-21(17-20)18-29(15-16-31-2)19-25(32-24-9-4-3-5-10-24)26(30)28-23-13-11-22(27)12-14-23/h3-14,17,25H,15-16,18-19H2,1-2H3,(H,28,30). The van der Waals surface area contributed by atoms with E-state index in [1.807, 2.05) is 36.4 Å². The molecule has 3 aromatic rings. The minimum absolute atomic E-state index is 0.299. The summed E-state index contributed by atoms with van der Waals surface area (Å²) in [5.74, 6) is -0.0508. The van der Waals surface area contributed by atoms with E-state index in [4.69, 9.17) is 9.47 Å². The summed E-state index contributed by atoms with van der Waals surface area (Å²) in [5.41, 5.74) is 2.85. The Bertz CT molecular complexity index is 980. The van der Waals surface area contributed by atoms with Crippen molar-refractivity contribution in [3.63, 3.8) is 0 Å². The zero-order valence-corrected chi connectivity index (χ0v) is 18.5. The number of nitrogens with zero attached hydrogens (tertiary/aromatic N) is 1. The molecule has 32 heavy (non-hydrogen) atoms. The second kappa shape index (κ2) is 12.0. The van der Waals surface area contributed by atoms with Gasteiger partial charge in [0.05, 0.1) is 6.61 Å². The van der Waals surface area contributed by atoms with Gasteiger partial charge in [0.1, 0.15) is 11.6 Å². The molecule has 0 fully saturated rings. The van der Waals surface area contributed by atoms with Crippen LogP contribution in [0, 0.1) is 12.7 Å². The predicted octanol–water partition coefficient (Wildman–Crippen LogP) is 4.67. The van der Waals surface area contributed by atoms with E-state index in [9.17, 15) is 9.18 Å². The average Bonchev–Trinajstić information content (AvgIpc) is 2.79. The number of hydrogen-bond donors (Lipinski definition) is 1. The van der Waals surface area contributed by atoms with Gasteiger partial charge in [-0.05, 0) is 48.9 Å². The number of carbonyl (C=O) groups is 1. The summed E-state index contributed by atoms with van der Waals surface area (Å²) in [6.45, 7) is 4.25. The fourth-order valence-electron chi connectivity index (χ4n) is 3.35. The second-order valence-electron chi connectivity index (χ2n) is 7.63. The molecule has 0 bridgehead atoms. The number of aryl methyl sites for hydroxylation is 1. The molecule has 0 saturated heterocycles. The van der Waals surface area contributed by atoms with Crippen LogP contribution >= 0.6 is 0 Å². The van der Waals surface area contributed by atoms with Gasteiger partial charge >= 0.3 is 0 Å². The van der Waals surface area contributed by atoms with Crippen LogP contribution in [0.1, 0.15) is 11.1 Å². The van der Waals surface area contributed by atoms with E-state index >= 15 is 0 Å². The highest BCUT2D eigenvalue weighted by molar-refractivity contribution is 5.94. The minimum Gasteiger partial charge on any atom is -0.479 e. The van der Waals surface area contributed by atoms with Crippen LogP contribution in [0.5, 0.6) is 5.75 Å². The third-order valence-electron chi connectivity index (χ3n) is 4.95. The SMILES string of the molecule is COCCN(Cc1cccc(C)c1)CC(Oc1ccccc1)C(=O)Nc1ccc(F)cc1. The summed E-state index contributed by atoms with van der Waals surface area (Å²) in [6, 6.07) is 23.2. The molecule has 0 saturated carbocycles. The first-order valence-corrected chi connectivity index (χ1v) is 10.6. The van der Waals surface area contributed by atoms with Crippen LogP contribution in [-0.4, -0.2) is 43.7 Å². The zero-order chi connectivity index (χ0) is 22.8. The lowest BCUT2D eigenvalue weighted by molar-refractivity contribution is -0.123. The molecule has 0 aliphatic rings. The molecular weight excluding hydrogens is 407 g/mol. The summed E-state index contributed by atoms with van der Waals surface area (Å²) < 4.78 is 24.6. The molecule has 3 rings (SSSR count). The van der Waals surface area contributed by atoms with E-state index in [1.54, 1.807) is 7.11 Å². The van der Waals surface area contributed by atoms with Gasteiger partial charge in [0.25, 0.3) is 5.91 Å². The second-order valence-corrected chi connectivity index (χ2v) is 7.63. The van der Waals surface area contributed by atoms with E-state index in [-0.39, 0.29) is 11.7 Å². The number of halogens is 1. The van der Waals surface area contributed by atoms with Crippen molar-refractivity contribution in [2.75, 3.05) is 32.1 Å². The summed E-state index contributed by atoms with van der Waals surface area (Å²) in [6.07, 6.45) is -0.774. The Labute approximate surface area is 188 Å². The number of benzene rings is 3. The van der Waals surface area contributed by atoms with E-state index in [2.05, 4.69) is 35.3 Å². The number of amides is 1.